The summed E-state index contributed by atoms with van der Waals surface area (Å²) in [5.41, 5.74) is 5.07. The Balaban J connectivity index is 3.90. The van der Waals surface area contributed by atoms with Crippen LogP contribution in [0.25, 0.3) is 0 Å². The molecule has 0 aliphatic carbocycles. The third-order valence-electron chi connectivity index (χ3n) is 1.18. The van der Waals surface area contributed by atoms with Crippen molar-refractivity contribution >= 4 is 5.96 Å². The maximum absolute atomic E-state index is 11.7. The lowest BCUT2D eigenvalue weighted by Crippen LogP contribution is -2.45. The van der Waals surface area contributed by atoms with Gasteiger partial charge in [0.2, 0.25) is 0 Å². The van der Waals surface area contributed by atoms with E-state index < -0.39 is 12.6 Å². The number of aliphatic imine (C=N–C) groups is 1. The number of halogens is 3. The molecule has 3 nitrogen and oxygen atoms in total. The van der Waals surface area contributed by atoms with Gasteiger partial charge in [0.15, 0.2) is 5.96 Å². The standard InChI is InChI=1S/C8H16F3N3/c1-7(2,3)14-6(12)13-5-4-8(9,10)11/h4-5H2,1-3H3,(H3,12,13,14). The van der Waals surface area contributed by atoms with E-state index in [2.05, 4.69) is 10.3 Å². The highest BCUT2D eigenvalue weighted by Crippen LogP contribution is 2.18. The number of nitrogens with one attached hydrogen (secondary N) is 1. The van der Waals surface area contributed by atoms with Crippen LogP contribution in [0.1, 0.15) is 27.2 Å². The lowest BCUT2D eigenvalue weighted by atomic mass is 10.1. The van der Waals surface area contributed by atoms with Crippen molar-refractivity contribution in [2.45, 2.75) is 38.9 Å². The summed E-state index contributed by atoms with van der Waals surface area (Å²) >= 11 is 0. The molecule has 6 heteroatoms. The van der Waals surface area contributed by atoms with E-state index in [1.807, 2.05) is 20.8 Å². The van der Waals surface area contributed by atoms with Crippen molar-refractivity contribution in [2.75, 3.05) is 6.54 Å². The molecule has 14 heavy (non-hydrogen) atoms. The Morgan fingerprint density at radius 2 is 1.79 bits per heavy atom. The number of guanidine groups is 1. The maximum Gasteiger partial charge on any atom is 0.390 e. The van der Waals surface area contributed by atoms with Crippen LogP contribution < -0.4 is 11.1 Å². The Kier molecular flexibility index (Phi) is 4.22. The van der Waals surface area contributed by atoms with Crippen molar-refractivity contribution in [1.82, 2.24) is 5.32 Å². The molecule has 0 aromatic heterocycles. The van der Waals surface area contributed by atoms with Crippen LogP contribution in [0.5, 0.6) is 0 Å². The Morgan fingerprint density at radius 3 is 2.14 bits per heavy atom. The van der Waals surface area contributed by atoms with Gasteiger partial charge in [0.05, 0.1) is 13.0 Å². The van der Waals surface area contributed by atoms with Gasteiger partial charge in [-0.05, 0) is 20.8 Å². The zero-order valence-corrected chi connectivity index (χ0v) is 8.57. The number of rotatable bonds is 2. The van der Waals surface area contributed by atoms with Crippen LogP contribution in [0.2, 0.25) is 0 Å². The summed E-state index contributed by atoms with van der Waals surface area (Å²) < 4.78 is 35.1. The summed E-state index contributed by atoms with van der Waals surface area (Å²) in [7, 11) is 0. The van der Waals surface area contributed by atoms with Crippen LogP contribution in [0.3, 0.4) is 0 Å². The van der Waals surface area contributed by atoms with Gasteiger partial charge in [0.1, 0.15) is 0 Å². The molecule has 0 spiro atoms. The summed E-state index contributed by atoms with van der Waals surface area (Å²) in [6.07, 6.45) is -5.12. The molecule has 0 amide bonds. The van der Waals surface area contributed by atoms with Gasteiger partial charge in [-0.15, -0.1) is 0 Å². The molecule has 0 fully saturated rings. The Morgan fingerprint density at radius 1 is 1.29 bits per heavy atom. The van der Waals surface area contributed by atoms with Crippen molar-refractivity contribution in [3.63, 3.8) is 0 Å². The molecule has 0 aromatic carbocycles. The van der Waals surface area contributed by atoms with Gasteiger partial charge in [-0.3, -0.25) is 4.99 Å². The van der Waals surface area contributed by atoms with Gasteiger partial charge < -0.3 is 11.1 Å². The molecule has 0 saturated heterocycles. The fourth-order valence-electron chi connectivity index (χ4n) is 0.727. The largest absolute Gasteiger partial charge is 0.390 e. The highest BCUT2D eigenvalue weighted by Gasteiger charge is 2.26. The number of nitrogens with two attached hydrogens (primary N) is 1. The molecule has 0 aliphatic rings. The smallest absolute Gasteiger partial charge is 0.370 e. The first kappa shape index (κ1) is 13.1. The molecule has 0 heterocycles. The monoisotopic (exact) mass is 211 g/mol. The lowest BCUT2D eigenvalue weighted by Gasteiger charge is -2.21. The topological polar surface area (TPSA) is 50.4 Å². The van der Waals surface area contributed by atoms with Crippen molar-refractivity contribution in [1.29, 1.82) is 0 Å². The third-order valence-corrected chi connectivity index (χ3v) is 1.18. The Hall–Kier alpha value is -0.940. The van der Waals surface area contributed by atoms with Crippen LogP contribution in [0.4, 0.5) is 13.2 Å². The van der Waals surface area contributed by atoms with Crippen molar-refractivity contribution < 1.29 is 13.2 Å². The van der Waals surface area contributed by atoms with Gasteiger partial charge in [-0.1, -0.05) is 0 Å². The minimum atomic E-state index is -4.18. The number of hydrogen-bond acceptors (Lipinski definition) is 1. The Labute approximate surface area is 81.6 Å². The van der Waals surface area contributed by atoms with Crippen LogP contribution >= 0.6 is 0 Å². The lowest BCUT2D eigenvalue weighted by molar-refractivity contribution is -0.132. The molecule has 84 valence electrons. The molecule has 0 radical (unpaired) electrons. The van der Waals surface area contributed by atoms with Gasteiger partial charge in [-0.2, -0.15) is 13.2 Å². The molecule has 0 rings (SSSR count). The second-order valence-electron chi connectivity index (χ2n) is 4.01. The van der Waals surface area contributed by atoms with E-state index >= 15 is 0 Å². The summed E-state index contributed by atoms with van der Waals surface area (Å²) in [5, 5.41) is 2.77. The quantitative estimate of drug-likeness (QED) is 0.539. The summed E-state index contributed by atoms with van der Waals surface area (Å²) in [6.45, 7) is 5.20. The summed E-state index contributed by atoms with van der Waals surface area (Å²) in [6, 6.07) is 0. The fourth-order valence-corrected chi connectivity index (χ4v) is 0.727. The minimum absolute atomic E-state index is 0.0433. The SMILES string of the molecule is CC(C)(C)NC(N)=NCCC(F)(F)F. The van der Waals surface area contributed by atoms with Gasteiger partial charge in [0.25, 0.3) is 0 Å². The second-order valence-corrected chi connectivity index (χ2v) is 4.01. The first-order valence-electron chi connectivity index (χ1n) is 4.25. The average molecular weight is 211 g/mol. The molecule has 0 atom stereocenters. The minimum Gasteiger partial charge on any atom is -0.370 e. The van der Waals surface area contributed by atoms with Crippen molar-refractivity contribution in [3.8, 4) is 0 Å². The van der Waals surface area contributed by atoms with E-state index in [-0.39, 0.29) is 18.0 Å². The van der Waals surface area contributed by atoms with Gasteiger partial charge in [0, 0.05) is 5.54 Å². The highest BCUT2D eigenvalue weighted by molar-refractivity contribution is 5.78. The van der Waals surface area contributed by atoms with E-state index in [9.17, 15) is 13.2 Å². The third kappa shape index (κ3) is 9.15. The van der Waals surface area contributed by atoms with Crippen LogP contribution in [0.15, 0.2) is 4.99 Å². The molecular formula is C8H16F3N3. The first-order chi connectivity index (χ1) is 6.10. The zero-order chi connectivity index (χ0) is 11.4. The van der Waals surface area contributed by atoms with Gasteiger partial charge >= 0.3 is 6.18 Å². The predicted octanol–water partition coefficient (Wildman–Crippen LogP) is 1.64. The van der Waals surface area contributed by atoms with E-state index in [1.165, 1.54) is 0 Å². The molecule has 0 aromatic rings. The van der Waals surface area contributed by atoms with Crippen molar-refractivity contribution in [2.24, 2.45) is 10.7 Å². The molecule has 3 N–H and O–H groups in total. The number of hydrogen-bond donors (Lipinski definition) is 2. The fraction of sp³-hybridized carbons (Fsp3) is 0.875. The molecule has 0 aliphatic heterocycles. The Bertz CT molecular complexity index is 203. The molecule has 0 saturated carbocycles. The maximum atomic E-state index is 11.7. The van der Waals surface area contributed by atoms with Gasteiger partial charge in [-0.25, -0.2) is 0 Å². The van der Waals surface area contributed by atoms with Crippen LogP contribution in [-0.2, 0) is 0 Å². The second kappa shape index (κ2) is 4.52. The first-order valence-corrected chi connectivity index (χ1v) is 4.25. The van der Waals surface area contributed by atoms with Crippen molar-refractivity contribution in [3.05, 3.63) is 0 Å². The zero-order valence-electron chi connectivity index (χ0n) is 8.57. The average Bonchev–Trinajstić information content (AvgIpc) is 1.78. The van der Waals surface area contributed by atoms with E-state index in [0.29, 0.717) is 0 Å². The van der Waals surface area contributed by atoms with E-state index in [1.54, 1.807) is 0 Å². The van der Waals surface area contributed by atoms with E-state index in [0.717, 1.165) is 0 Å². The molecule has 0 bridgehead atoms. The number of nitrogens with zero attached hydrogens (tertiary/aromatic N) is 1. The molecule has 0 unspecified atom stereocenters. The van der Waals surface area contributed by atoms with Crippen LogP contribution in [0, 0.1) is 0 Å². The highest BCUT2D eigenvalue weighted by atomic mass is 19.4. The summed E-state index contributed by atoms with van der Waals surface area (Å²) in [5.74, 6) is 0.0433. The molecular weight excluding hydrogens is 195 g/mol. The predicted molar refractivity (Wildman–Crippen MR) is 50.1 cm³/mol. The number of alkyl halides is 3. The van der Waals surface area contributed by atoms with Crippen LogP contribution in [-0.4, -0.2) is 24.2 Å². The normalized spacial score (nSPS) is 14.3. The van der Waals surface area contributed by atoms with E-state index in [4.69, 9.17) is 5.73 Å². The summed E-state index contributed by atoms with van der Waals surface area (Å²) in [4.78, 5) is 3.56.